The molecule has 0 atom stereocenters. The Morgan fingerprint density at radius 2 is 0.707 bits per heavy atom. The molecule has 8 nitrogen and oxygen atoms in total. The van der Waals surface area contributed by atoms with Crippen LogP contribution in [0.2, 0.25) is 26.6 Å². The van der Waals surface area contributed by atoms with Gasteiger partial charge in [-0.05, 0) is 0 Å². The fourth-order valence-electron chi connectivity index (χ4n) is 6.22. The molecule has 0 bridgehead atoms. The van der Waals surface area contributed by atoms with E-state index in [1.165, 1.54) is 104 Å². The van der Waals surface area contributed by atoms with E-state index in [0.717, 1.165) is 43.8 Å². The Hall–Kier alpha value is -0.263. The summed E-state index contributed by atoms with van der Waals surface area (Å²) in [5, 5.41) is 28.7. The Labute approximate surface area is 261 Å². The Bertz CT molecular complexity index is 800. The third kappa shape index (κ3) is 12.3. The van der Waals surface area contributed by atoms with Crippen LogP contribution >= 0.6 is 0 Å². The number of hydrogen-bond donors (Lipinski definition) is 0. The van der Waals surface area contributed by atoms with Gasteiger partial charge in [0.25, 0.3) is 0 Å². The van der Waals surface area contributed by atoms with Gasteiger partial charge in [-0.25, -0.2) is 0 Å². The molecule has 0 aliphatic rings. The van der Waals surface area contributed by atoms with Crippen LogP contribution in [-0.2, 0) is 12.8 Å². The Morgan fingerprint density at radius 3 is 0.976 bits per heavy atom. The number of aromatic nitrogens is 8. The molecular formula is C31H64N8Sn2. The molecule has 2 aromatic rings. The van der Waals surface area contributed by atoms with Crippen molar-refractivity contribution in [3.63, 3.8) is 0 Å². The number of tetrazole rings is 2. The van der Waals surface area contributed by atoms with Gasteiger partial charge in [-0.2, -0.15) is 0 Å². The molecule has 0 fully saturated rings. The molecule has 0 saturated carbocycles. The summed E-state index contributed by atoms with van der Waals surface area (Å²) < 4.78 is 12.7. The monoisotopic (exact) mass is 788 g/mol. The zero-order valence-electron chi connectivity index (χ0n) is 27.8. The SMILES string of the molecule is CCC[CH2][Sn]([CH2]CCC)([CH2]CCC)[n]1nnc(CCCCCc2nn[n]([Sn]([CH2]CCC)([CH2]CCC)[CH2]CCC)n2)n1. The zero-order chi connectivity index (χ0) is 29.8. The molecule has 0 radical (unpaired) electrons. The normalized spacial score (nSPS) is 12.4. The molecule has 2 aromatic heterocycles. The van der Waals surface area contributed by atoms with Crippen LogP contribution in [0.25, 0.3) is 0 Å². The second kappa shape index (κ2) is 21.4. The van der Waals surface area contributed by atoms with Crippen molar-refractivity contribution in [3.8, 4) is 0 Å². The average molecular weight is 786 g/mol. The molecule has 0 spiro atoms. The predicted octanol–water partition coefficient (Wildman–Crippen LogP) is 9.00. The van der Waals surface area contributed by atoms with Crippen molar-refractivity contribution in [2.45, 2.75) is 177 Å². The topological polar surface area (TPSA) is 87.2 Å². The van der Waals surface area contributed by atoms with Gasteiger partial charge in [0.2, 0.25) is 0 Å². The molecule has 2 rings (SSSR count). The van der Waals surface area contributed by atoms with Crippen LogP contribution in [-0.4, -0.2) is 74.2 Å². The second-order valence-electron chi connectivity index (χ2n) is 12.6. The van der Waals surface area contributed by atoms with Crippen LogP contribution in [0, 0.1) is 0 Å². The quantitative estimate of drug-likeness (QED) is 0.0700. The standard InChI is InChI=1S/C7H10N8.6C4H9.2Sn/c1(2-4-6-8-12-13-9-6)3-5-7-10-14-15-11-7;6*1-3-4-2;;/h1-5H2;6*1,3-4H2,2H3;;/q-2;;;;;;;2*+1. The summed E-state index contributed by atoms with van der Waals surface area (Å²) in [6, 6.07) is 0. The molecule has 0 amide bonds. The fourth-order valence-corrected chi connectivity index (χ4v) is 34.5. The molecule has 0 aliphatic heterocycles. The first kappa shape index (κ1) is 36.9. The van der Waals surface area contributed by atoms with Crippen LogP contribution < -0.4 is 0 Å². The van der Waals surface area contributed by atoms with E-state index >= 15 is 0 Å². The molecule has 10 heteroatoms. The van der Waals surface area contributed by atoms with Gasteiger partial charge in [-0.1, -0.05) is 0 Å². The Morgan fingerprint density at radius 1 is 0.415 bits per heavy atom. The van der Waals surface area contributed by atoms with Crippen molar-refractivity contribution in [3.05, 3.63) is 11.6 Å². The first-order chi connectivity index (χ1) is 20.0. The van der Waals surface area contributed by atoms with Crippen LogP contribution in [0.5, 0.6) is 0 Å². The summed E-state index contributed by atoms with van der Waals surface area (Å²) in [6.07, 6.45) is 20.7. The number of nitrogens with zero attached hydrogens (tertiary/aromatic N) is 8. The molecule has 0 aromatic carbocycles. The molecular weight excluding hydrogens is 722 g/mol. The van der Waals surface area contributed by atoms with E-state index in [1.807, 2.05) is 0 Å². The van der Waals surface area contributed by atoms with Gasteiger partial charge in [0.15, 0.2) is 0 Å². The van der Waals surface area contributed by atoms with E-state index in [4.69, 9.17) is 20.6 Å². The Balaban J connectivity index is 1.95. The molecule has 236 valence electrons. The average Bonchev–Trinajstić information content (AvgIpc) is 3.68. The van der Waals surface area contributed by atoms with Crippen molar-refractivity contribution in [1.82, 2.24) is 36.9 Å². The molecule has 41 heavy (non-hydrogen) atoms. The van der Waals surface area contributed by atoms with Crippen molar-refractivity contribution >= 4 is 37.3 Å². The number of rotatable bonds is 26. The summed E-state index contributed by atoms with van der Waals surface area (Å²) in [5.41, 5.74) is 0. The minimum atomic E-state index is -2.65. The van der Waals surface area contributed by atoms with Gasteiger partial charge in [0.1, 0.15) is 0 Å². The number of hydrogen-bond acceptors (Lipinski definition) is 6. The van der Waals surface area contributed by atoms with E-state index < -0.39 is 37.3 Å². The summed E-state index contributed by atoms with van der Waals surface area (Å²) in [6.45, 7) is 13.9. The van der Waals surface area contributed by atoms with Crippen LogP contribution in [0.1, 0.15) is 150 Å². The summed E-state index contributed by atoms with van der Waals surface area (Å²) >= 11 is -5.30. The van der Waals surface area contributed by atoms with Crippen molar-refractivity contribution in [2.24, 2.45) is 0 Å². The summed E-state index contributed by atoms with van der Waals surface area (Å²) in [5.74, 6) is 1.92. The fraction of sp³-hybridized carbons (Fsp3) is 0.935. The first-order valence-electron chi connectivity index (χ1n) is 17.6. The first-order valence-corrected chi connectivity index (χ1v) is 32.3. The molecule has 0 aliphatic carbocycles. The van der Waals surface area contributed by atoms with Gasteiger partial charge in [0, 0.05) is 0 Å². The maximum absolute atomic E-state index is 5.06. The van der Waals surface area contributed by atoms with Gasteiger partial charge in [-0.15, -0.1) is 0 Å². The maximum atomic E-state index is 5.06. The third-order valence-electron chi connectivity index (χ3n) is 9.03. The number of aryl methyl sites for hydroxylation is 2. The third-order valence-corrected chi connectivity index (χ3v) is 37.0. The minimum absolute atomic E-state index is 0.933. The summed E-state index contributed by atoms with van der Waals surface area (Å²) in [7, 11) is 0. The van der Waals surface area contributed by atoms with Crippen molar-refractivity contribution in [1.29, 1.82) is 0 Å². The second-order valence-corrected chi connectivity index (χ2v) is 37.4. The van der Waals surface area contributed by atoms with E-state index in [-0.39, 0.29) is 0 Å². The van der Waals surface area contributed by atoms with Crippen LogP contribution in [0.4, 0.5) is 0 Å². The van der Waals surface area contributed by atoms with Crippen LogP contribution in [0.3, 0.4) is 0 Å². The number of unbranched alkanes of at least 4 members (excludes halogenated alkanes) is 8. The van der Waals surface area contributed by atoms with Crippen LogP contribution in [0.15, 0.2) is 0 Å². The van der Waals surface area contributed by atoms with Crippen molar-refractivity contribution in [2.75, 3.05) is 0 Å². The van der Waals surface area contributed by atoms with Gasteiger partial charge in [-0.3, -0.25) is 0 Å². The van der Waals surface area contributed by atoms with Gasteiger partial charge in [0.05, 0.1) is 0 Å². The molecule has 0 unspecified atom stereocenters. The van der Waals surface area contributed by atoms with Crippen molar-refractivity contribution < 1.29 is 0 Å². The van der Waals surface area contributed by atoms with E-state index in [1.54, 1.807) is 0 Å². The van der Waals surface area contributed by atoms with Gasteiger partial charge < -0.3 is 0 Å². The summed E-state index contributed by atoms with van der Waals surface area (Å²) in [4.78, 5) is 0. The zero-order valence-corrected chi connectivity index (χ0v) is 33.5. The molecule has 0 N–H and O–H groups in total. The molecule has 0 saturated heterocycles. The van der Waals surface area contributed by atoms with E-state index in [2.05, 4.69) is 57.8 Å². The Kier molecular flexibility index (Phi) is 19.3. The van der Waals surface area contributed by atoms with Gasteiger partial charge >= 0.3 is 263 Å². The van der Waals surface area contributed by atoms with E-state index in [9.17, 15) is 0 Å². The predicted molar refractivity (Wildman–Crippen MR) is 177 cm³/mol. The molecule has 2 heterocycles. The van der Waals surface area contributed by atoms with E-state index in [0.29, 0.717) is 0 Å².